The molecule has 4 heteroatoms. The molecule has 0 aromatic carbocycles. The summed E-state index contributed by atoms with van der Waals surface area (Å²) in [5.41, 5.74) is 1.91. The number of hydrogen-bond donors (Lipinski definition) is 2. The number of rotatable bonds is 4. The summed E-state index contributed by atoms with van der Waals surface area (Å²) in [7, 11) is 0. The number of nitrogens with zero attached hydrogens (tertiary/aromatic N) is 1. The molecule has 0 radical (unpaired) electrons. The summed E-state index contributed by atoms with van der Waals surface area (Å²) < 4.78 is 0. The molecule has 90 valence electrons. The third-order valence-corrected chi connectivity index (χ3v) is 4.37. The molecule has 2 N–H and O–H groups in total. The van der Waals surface area contributed by atoms with E-state index in [9.17, 15) is 5.11 Å². The number of thiazole rings is 1. The van der Waals surface area contributed by atoms with Crippen molar-refractivity contribution in [3.8, 4) is 0 Å². The SMILES string of the molecule is CC1(CNCc2cncs2)CCCCC1O. The Morgan fingerprint density at radius 1 is 1.62 bits per heavy atom. The van der Waals surface area contributed by atoms with Crippen molar-refractivity contribution in [3.63, 3.8) is 0 Å². The monoisotopic (exact) mass is 240 g/mol. The van der Waals surface area contributed by atoms with Gasteiger partial charge in [0.25, 0.3) is 0 Å². The van der Waals surface area contributed by atoms with E-state index in [1.165, 1.54) is 17.7 Å². The molecule has 3 nitrogen and oxygen atoms in total. The first-order valence-corrected chi connectivity index (χ1v) is 6.85. The Kier molecular flexibility index (Phi) is 3.95. The van der Waals surface area contributed by atoms with Crippen LogP contribution in [-0.4, -0.2) is 22.7 Å². The van der Waals surface area contributed by atoms with Crippen molar-refractivity contribution >= 4 is 11.3 Å². The van der Waals surface area contributed by atoms with Crippen LogP contribution in [0.4, 0.5) is 0 Å². The smallest absolute Gasteiger partial charge is 0.0794 e. The molecule has 1 aromatic rings. The summed E-state index contributed by atoms with van der Waals surface area (Å²) in [4.78, 5) is 5.31. The molecule has 1 aliphatic rings. The molecule has 0 bridgehead atoms. The van der Waals surface area contributed by atoms with Crippen LogP contribution in [0, 0.1) is 5.41 Å². The van der Waals surface area contributed by atoms with Gasteiger partial charge in [-0.1, -0.05) is 19.8 Å². The zero-order chi connectivity index (χ0) is 11.4. The Balaban J connectivity index is 1.79. The molecule has 2 unspecified atom stereocenters. The largest absolute Gasteiger partial charge is 0.393 e. The minimum absolute atomic E-state index is 0.0585. The average Bonchev–Trinajstić information content (AvgIpc) is 2.76. The lowest BCUT2D eigenvalue weighted by Crippen LogP contribution is -2.43. The number of nitrogens with one attached hydrogen (secondary N) is 1. The van der Waals surface area contributed by atoms with Crippen molar-refractivity contribution in [3.05, 3.63) is 16.6 Å². The topological polar surface area (TPSA) is 45.2 Å². The third-order valence-electron chi connectivity index (χ3n) is 3.59. The standard InChI is InChI=1S/C12H20N2OS/c1-12(5-3-2-4-11(12)15)8-13-6-10-7-14-9-16-10/h7,9,11,13,15H,2-6,8H2,1H3. The fourth-order valence-corrected chi connectivity index (χ4v) is 2.95. The second-order valence-corrected chi connectivity index (χ2v) is 5.96. The highest BCUT2D eigenvalue weighted by molar-refractivity contribution is 7.09. The number of hydrogen-bond acceptors (Lipinski definition) is 4. The fraction of sp³-hybridized carbons (Fsp3) is 0.750. The van der Waals surface area contributed by atoms with Gasteiger partial charge in [0.1, 0.15) is 0 Å². The second kappa shape index (κ2) is 5.25. The maximum atomic E-state index is 10.0. The lowest BCUT2D eigenvalue weighted by molar-refractivity contribution is 0.00119. The van der Waals surface area contributed by atoms with Crippen molar-refractivity contribution in [2.45, 2.75) is 45.3 Å². The van der Waals surface area contributed by atoms with Crippen LogP contribution >= 0.6 is 11.3 Å². The summed E-state index contributed by atoms with van der Waals surface area (Å²) in [5, 5.41) is 13.5. The summed E-state index contributed by atoms with van der Waals surface area (Å²) >= 11 is 1.67. The molecule has 0 aliphatic heterocycles. The molecule has 0 saturated heterocycles. The highest BCUT2D eigenvalue weighted by atomic mass is 32.1. The van der Waals surface area contributed by atoms with Gasteiger partial charge < -0.3 is 10.4 Å². The molecule has 0 amide bonds. The summed E-state index contributed by atoms with van der Waals surface area (Å²) in [6.07, 6.45) is 6.26. The maximum absolute atomic E-state index is 10.0. The quantitative estimate of drug-likeness (QED) is 0.848. The molecule has 2 atom stereocenters. The predicted molar refractivity (Wildman–Crippen MR) is 66.4 cm³/mol. The molecular weight excluding hydrogens is 220 g/mol. The van der Waals surface area contributed by atoms with E-state index in [2.05, 4.69) is 17.2 Å². The molecule has 1 fully saturated rings. The van der Waals surface area contributed by atoms with E-state index >= 15 is 0 Å². The van der Waals surface area contributed by atoms with Crippen molar-refractivity contribution in [2.75, 3.05) is 6.54 Å². The Bertz CT molecular complexity index is 315. The van der Waals surface area contributed by atoms with Crippen LogP contribution in [0.1, 0.15) is 37.5 Å². The lowest BCUT2D eigenvalue weighted by atomic mass is 9.73. The van der Waals surface area contributed by atoms with Gasteiger partial charge in [-0.2, -0.15) is 0 Å². The molecule has 1 aliphatic carbocycles. The molecule has 0 spiro atoms. The average molecular weight is 240 g/mol. The molecular formula is C12H20N2OS. The van der Waals surface area contributed by atoms with Crippen molar-refractivity contribution < 1.29 is 5.11 Å². The molecule has 2 rings (SSSR count). The Morgan fingerprint density at radius 3 is 3.19 bits per heavy atom. The van der Waals surface area contributed by atoms with Gasteiger partial charge in [0, 0.05) is 29.6 Å². The fourth-order valence-electron chi connectivity index (χ4n) is 2.39. The van der Waals surface area contributed by atoms with E-state index in [-0.39, 0.29) is 11.5 Å². The number of aromatic nitrogens is 1. The summed E-state index contributed by atoms with van der Waals surface area (Å²) in [6, 6.07) is 0. The van der Waals surface area contributed by atoms with Gasteiger partial charge in [-0.15, -0.1) is 11.3 Å². The number of aliphatic hydroxyl groups is 1. The molecule has 1 saturated carbocycles. The lowest BCUT2D eigenvalue weighted by Gasteiger charge is -2.38. The van der Waals surface area contributed by atoms with Gasteiger partial charge in [0.05, 0.1) is 11.6 Å². The van der Waals surface area contributed by atoms with Crippen LogP contribution in [0.2, 0.25) is 0 Å². The van der Waals surface area contributed by atoms with Crippen molar-refractivity contribution in [1.29, 1.82) is 0 Å². The first kappa shape index (κ1) is 12.0. The van der Waals surface area contributed by atoms with Crippen molar-refractivity contribution in [1.82, 2.24) is 10.3 Å². The summed E-state index contributed by atoms with van der Waals surface area (Å²) in [6.45, 7) is 3.95. The zero-order valence-corrected chi connectivity index (χ0v) is 10.6. The van der Waals surface area contributed by atoms with E-state index in [1.807, 2.05) is 11.7 Å². The van der Waals surface area contributed by atoms with Gasteiger partial charge in [0.2, 0.25) is 0 Å². The van der Waals surface area contributed by atoms with Crippen LogP contribution in [0.3, 0.4) is 0 Å². The van der Waals surface area contributed by atoms with Gasteiger partial charge in [-0.25, -0.2) is 0 Å². The van der Waals surface area contributed by atoms with Crippen LogP contribution in [-0.2, 0) is 6.54 Å². The van der Waals surface area contributed by atoms with E-state index in [4.69, 9.17) is 0 Å². The Labute approximate surface area is 101 Å². The van der Waals surface area contributed by atoms with E-state index < -0.39 is 0 Å². The highest BCUT2D eigenvalue weighted by Crippen LogP contribution is 2.35. The minimum Gasteiger partial charge on any atom is -0.393 e. The maximum Gasteiger partial charge on any atom is 0.0794 e. The minimum atomic E-state index is -0.143. The first-order valence-electron chi connectivity index (χ1n) is 5.97. The van der Waals surface area contributed by atoms with Gasteiger partial charge in [-0.3, -0.25) is 4.98 Å². The first-order chi connectivity index (χ1) is 7.71. The Hall–Kier alpha value is -0.450. The van der Waals surface area contributed by atoms with Gasteiger partial charge in [0.15, 0.2) is 0 Å². The zero-order valence-electron chi connectivity index (χ0n) is 9.78. The molecule has 1 aromatic heterocycles. The van der Waals surface area contributed by atoms with Crippen LogP contribution < -0.4 is 5.32 Å². The second-order valence-electron chi connectivity index (χ2n) is 4.99. The number of aliphatic hydroxyl groups excluding tert-OH is 1. The normalized spacial score (nSPS) is 30.5. The van der Waals surface area contributed by atoms with Crippen LogP contribution in [0.25, 0.3) is 0 Å². The third kappa shape index (κ3) is 2.81. The molecule has 16 heavy (non-hydrogen) atoms. The van der Waals surface area contributed by atoms with Gasteiger partial charge >= 0.3 is 0 Å². The predicted octanol–water partition coefficient (Wildman–Crippen LogP) is 2.17. The van der Waals surface area contributed by atoms with E-state index in [0.29, 0.717) is 0 Å². The van der Waals surface area contributed by atoms with Gasteiger partial charge in [-0.05, 0) is 12.8 Å². The van der Waals surface area contributed by atoms with E-state index in [1.54, 1.807) is 11.3 Å². The Morgan fingerprint density at radius 2 is 2.50 bits per heavy atom. The van der Waals surface area contributed by atoms with Crippen LogP contribution in [0.5, 0.6) is 0 Å². The van der Waals surface area contributed by atoms with Crippen molar-refractivity contribution in [2.24, 2.45) is 5.41 Å². The highest BCUT2D eigenvalue weighted by Gasteiger charge is 2.34. The summed E-state index contributed by atoms with van der Waals surface area (Å²) in [5.74, 6) is 0. The van der Waals surface area contributed by atoms with E-state index in [0.717, 1.165) is 25.9 Å². The molecule has 1 heterocycles. The van der Waals surface area contributed by atoms with Crippen LogP contribution in [0.15, 0.2) is 11.7 Å².